The van der Waals surface area contributed by atoms with Crippen LogP contribution in [0.2, 0.25) is 5.02 Å². The summed E-state index contributed by atoms with van der Waals surface area (Å²) in [5, 5.41) is 4.55. The maximum absolute atomic E-state index is 6.12. The predicted molar refractivity (Wildman–Crippen MR) is 79.3 cm³/mol. The highest BCUT2D eigenvalue weighted by Crippen LogP contribution is 2.30. The lowest BCUT2D eigenvalue weighted by Gasteiger charge is -2.01. The standard InChI is InChI=1S/C15H12ClN3O/c1-9-6-7-13(17)11(8-9)15-18-14(19-20-15)10-4-2-3-5-12(10)16/h2-8H,17H2,1H3. The molecule has 3 rings (SSSR count). The van der Waals surface area contributed by atoms with Gasteiger partial charge in [-0.15, -0.1) is 0 Å². The minimum Gasteiger partial charge on any atom is -0.398 e. The molecule has 0 fully saturated rings. The number of rotatable bonds is 2. The first-order chi connectivity index (χ1) is 9.65. The highest BCUT2D eigenvalue weighted by Gasteiger charge is 2.14. The first kappa shape index (κ1) is 12.7. The molecule has 1 heterocycles. The highest BCUT2D eigenvalue weighted by molar-refractivity contribution is 6.33. The van der Waals surface area contributed by atoms with E-state index in [2.05, 4.69) is 10.1 Å². The summed E-state index contributed by atoms with van der Waals surface area (Å²) in [7, 11) is 0. The molecule has 0 radical (unpaired) electrons. The molecule has 0 atom stereocenters. The van der Waals surface area contributed by atoms with Gasteiger partial charge in [0.15, 0.2) is 0 Å². The Kier molecular flexibility index (Phi) is 3.16. The number of nitrogen functional groups attached to an aromatic ring is 1. The lowest BCUT2D eigenvalue weighted by molar-refractivity contribution is 0.432. The van der Waals surface area contributed by atoms with Gasteiger partial charge in [-0.1, -0.05) is 40.5 Å². The summed E-state index contributed by atoms with van der Waals surface area (Å²) >= 11 is 6.12. The second-order valence-corrected chi connectivity index (χ2v) is 4.90. The Hall–Kier alpha value is -2.33. The van der Waals surface area contributed by atoms with Crippen molar-refractivity contribution < 1.29 is 4.52 Å². The molecule has 3 aromatic rings. The number of nitrogens with zero attached hydrogens (tertiary/aromatic N) is 2. The number of halogens is 1. The number of aromatic nitrogens is 2. The zero-order valence-corrected chi connectivity index (χ0v) is 11.6. The zero-order chi connectivity index (χ0) is 14.1. The van der Waals surface area contributed by atoms with Crippen LogP contribution < -0.4 is 5.73 Å². The van der Waals surface area contributed by atoms with E-state index in [1.165, 1.54) is 0 Å². The Bertz CT molecular complexity index is 767. The average molecular weight is 286 g/mol. The number of aryl methyl sites for hydroxylation is 1. The van der Waals surface area contributed by atoms with E-state index in [1.54, 1.807) is 6.07 Å². The molecule has 5 heteroatoms. The van der Waals surface area contributed by atoms with Crippen molar-refractivity contribution in [2.24, 2.45) is 0 Å². The molecule has 100 valence electrons. The highest BCUT2D eigenvalue weighted by atomic mass is 35.5. The normalized spacial score (nSPS) is 10.7. The van der Waals surface area contributed by atoms with Crippen LogP contribution in [0.25, 0.3) is 22.8 Å². The summed E-state index contributed by atoms with van der Waals surface area (Å²) in [6, 6.07) is 13.0. The van der Waals surface area contributed by atoms with Crippen LogP contribution in [0.15, 0.2) is 47.0 Å². The van der Waals surface area contributed by atoms with Crippen molar-refractivity contribution in [2.75, 3.05) is 5.73 Å². The van der Waals surface area contributed by atoms with E-state index in [-0.39, 0.29) is 0 Å². The van der Waals surface area contributed by atoms with Crippen LogP contribution in [-0.2, 0) is 0 Å². The van der Waals surface area contributed by atoms with Gasteiger partial charge in [-0.3, -0.25) is 0 Å². The summed E-state index contributed by atoms with van der Waals surface area (Å²) in [4.78, 5) is 4.37. The second-order valence-electron chi connectivity index (χ2n) is 4.49. The fraction of sp³-hybridized carbons (Fsp3) is 0.0667. The van der Waals surface area contributed by atoms with Crippen LogP contribution in [0.5, 0.6) is 0 Å². The largest absolute Gasteiger partial charge is 0.398 e. The van der Waals surface area contributed by atoms with Crippen LogP contribution in [0.4, 0.5) is 5.69 Å². The maximum Gasteiger partial charge on any atom is 0.260 e. The molecular formula is C15H12ClN3O. The van der Waals surface area contributed by atoms with Gasteiger partial charge < -0.3 is 10.3 Å². The Labute approximate surface area is 121 Å². The SMILES string of the molecule is Cc1ccc(N)c(-c2nc(-c3ccccc3Cl)no2)c1. The average Bonchev–Trinajstić information content (AvgIpc) is 2.91. The number of nitrogens with two attached hydrogens (primary N) is 1. The van der Waals surface area contributed by atoms with Crippen molar-refractivity contribution in [1.29, 1.82) is 0 Å². The topological polar surface area (TPSA) is 64.9 Å². The smallest absolute Gasteiger partial charge is 0.260 e. The van der Waals surface area contributed by atoms with Crippen molar-refractivity contribution in [2.45, 2.75) is 6.92 Å². The molecule has 0 amide bonds. The van der Waals surface area contributed by atoms with Crippen LogP contribution in [0.1, 0.15) is 5.56 Å². The van der Waals surface area contributed by atoms with Gasteiger partial charge in [0.1, 0.15) is 0 Å². The van der Waals surface area contributed by atoms with Crippen LogP contribution in [0, 0.1) is 6.92 Å². The van der Waals surface area contributed by atoms with E-state index in [1.807, 2.05) is 43.3 Å². The summed E-state index contributed by atoms with van der Waals surface area (Å²) in [5.74, 6) is 0.840. The number of benzene rings is 2. The first-order valence-corrected chi connectivity index (χ1v) is 6.48. The molecule has 0 spiro atoms. The lowest BCUT2D eigenvalue weighted by atomic mass is 10.1. The number of hydrogen-bond donors (Lipinski definition) is 1. The van der Waals surface area contributed by atoms with Gasteiger partial charge in [-0.05, 0) is 31.2 Å². The Morgan fingerprint density at radius 2 is 1.90 bits per heavy atom. The van der Waals surface area contributed by atoms with Gasteiger partial charge in [0.25, 0.3) is 5.89 Å². The lowest BCUT2D eigenvalue weighted by Crippen LogP contribution is -1.91. The van der Waals surface area contributed by atoms with Crippen molar-refractivity contribution in [3.8, 4) is 22.8 Å². The second kappa shape index (κ2) is 4.98. The molecule has 0 saturated heterocycles. The predicted octanol–water partition coefficient (Wildman–Crippen LogP) is 3.95. The number of anilines is 1. The third-order valence-corrected chi connectivity index (χ3v) is 3.31. The molecule has 0 bridgehead atoms. The molecule has 0 aliphatic rings. The summed E-state index contributed by atoms with van der Waals surface area (Å²) < 4.78 is 5.30. The zero-order valence-electron chi connectivity index (χ0n) is 10.8. The van der Waals surface area contributed by atoms with Crippen molar-refractivity contribution >= 4 is 17.3 Å². The van der Waals surface area contributed by atoms with Crippen LogP contribution in [0.3, 0.4) is 0 Å². The molecule has 1 aromatic heterocycles. The van der Waals surface area contributed by atoms with Gasteiger partial charge in [-0.2, -0.15) is 4.98 Å². The fourth-order valence-electron chi connectivity index (χ4n) is 1.94. The van der Waals surface area contributed by atoms with Gasteiger partial charge >= 0.3 is 0 Å². The van der Waals surface area contributed by atoms with Crippen molar-refractivity contribution in [1.82, 2.24) is 10.1 Å². The maximum atomic E-state index is 6.12. The Morgan fingerprint density at radius 3 is 2.70 bits per heavy atom. The third-order valence-electron chi connectivity index (χ3n) is 2.98. The third kappa shape index (κ3) is 2.26. The van der Waals surface area contributed by atoms with Gasteiger partial charge in [0, 0.05) is 11.3 Å². The van der Waals surface area contributed by atoms with Crippen LogP contribution >= 0.6 is 11.6 Å². The van der Waals surface area contributed by atoms with E-state index >= 15 is 0 Å². The molecule has 2 N–H and O–H groups in total. The molecule has 0 aliphatic heterocycles. The Morgan fingerprint density at radius 1 is 1.10 bits per heavy atom. The van der Waals surface area contributed by atoms with E-state index in [0.29, 0.717) is 22.4 Å². The molecule has 0 unspecified atom stereocenters. The van der Waals surface area contributed by atoms with E-state index in [4.69, 9.17) is 21.9 Å². The van der Waals surface area contributed by atoms with Gasteiger partial charge in [0.05, 0.1) is 10.6 Å². The van der Waals surface area contributed by atoms with Crippen LogP contribution in [-0.4, -0.2) is 10.1 Å². The van der Waals surface area contributed by atoms with Gasteiger partial charge in [0.2, 0.25) is 5.82 Å². The molecule has 2 aromatic carbocycles. The van der Waals surface area contributed by atoms with Gasteiger partial charge in [-0.25, -0.2) is 0 Å². The summed E-state index contributed by atoms with van der Waals surface area (Å²) in [5.41, 5.74) is 9.09. The van der Waals surface area contributed by atoms with E-state index in [0.717, 1.165) is 16.7 Å². The molecule has 0 saturated carbocycles. The molecule has 20 heavy (non-hydrogen) atoms. The minimum atomic E-state index is 0.390. The quantitative estimate of drug-likeness (QED) is 0.724. The summed E-state index contributed by atoms with van der Waals surface area (Å²) in [6.07, 6.45) is 0. The fourth-order valence-corrected chi connectivity index (χ4v) is 2.16. The Balaban J connectivity index is 2.07. The molecular weight excluding hydrogens is 274 g/mol. The number of hydrogen-bond acceptors (Lipinski definition) is 4. The summed E-state index contributed by atoms with van der Waals surface area (Å²) in [6.45, 7) is 1.98. The molecule has 4 nitrogen and oxygen atoms in total. The first-order valence-electron chi connectivity index (χ1n) is 6.10. The minimum absolute atomic E-state index is 0.390. The van der Waals surface area contributed by atoms with E-state index in [9.17, 15) is 0 Å². The van der Waals surface area contributed by atoms with E-state index < -0.39 is 0 Å². The van der Waals surface area contributed by atoms with Crippen molar-refractivity contribution in [3.63, 3.8) is 0 Å². The molecule has 0 aliphatic carbocycles. The monoisotopic (exact) mass is 285 g/mol. The van der Waals surface area contributed by atoms with Crippen molar-refractivity contribution in [3.05, 3.63) is 53.1 Å².